The molecule has 1 aliphatic carbocycles. The van der Waals surface area contributed by atoms with E-state index in [0.717, 1.165) is 44.5 Å². The molecule has 1 heterocycles. The quantitative estimate of drug-likeness (QED) is 0.840. The van der Waals surface area contributed by atoms with E-state index in [9.17, 15) is 5.11 Å². The Labute approximate surface area is 109 Å². The van der Waals surface area contributed by atoms with E-state index >= 15 is 0 Å². The number of aliphatic hydroxyl groups is 1. The first kappa shape index (κ1) is 13.6. The van der Waals surface area contributed by atoms with Crippen LogP contribution in [0.3, 0.4) is 0 Å². The van der Waals surface area contributed by atoms with E-state index in [4.69, 9.17) is 0 Å². The predicted molar refractivity (Wildman–Crippen MR) is 72.5 cm³/mol. The van der Waals surface area contributed by atoms with E-state index in [-0.39, 0.29) is 0 Å². The fourth-order valence-corrected chi connectivity index (χ4v) is 2.93. The summed E-state index contributed by atoms with van der Waals surface area (Å²) in [6.07, 6.45) is 4.19. The molecule has 4 nitrogen and oxygen atoms in total. The molecule has 0 bridgehead atoms. The van der Waals surface area contributed by atoms with Crippen LogP contribution in [0, 0.1) is 13.8 Å². The van der Waals surface area contributed by atoms with Crippen LogP contribution in [0.15, 0.2) is 0 Å². The number of hydrogen-bond donors (Lipinski definition) is 2. The fourth-order valence-electron chi connectivity index (χ4n) is 2.93. The Balaban J connectivity index is 1.92. The molecule has 0 saturated heterocycles. The zero-order valence-corrected chi connectivity index (χ0v) is 11.8. The Morgan fingerprint density at radius 2 is 2.00 bits per heavy atom. The van der Waals surface area contributed by atoms with Gasteiger partial charge in [0.25, 0.3) is 0 Å². The molecule has 0 aliphatic heterocycles. The second-order valence-electron chi connectivity index (χ2n) is 5.50. The van der Waals surface area contributed by atoms with Crippen LogP contribution in [0.2, 0.25) is 0 Å². The summed E-state index contributed by atoms with van der Waals surface area (Å²) in [4.78, 5) is 0. The van der Waals surface area contributed by atoms with Crippen LogP contribution in [0.25, 0.3) is 0 Å². The largest absolute Gasteiger partial charge is 0.389 e. The Hall–Kier alpha value is -0.870. The smallest absolute Gasteiger partial charge is 0.0771 e. The van der Waals surface area contributed by atoms with Crippen molar-refractivity contribution in [2.24, 2.45) is 0 Å². The van der Waals surface area contributed by atoms with Gasteiger partial charge in [0.2, 0.25) is 0 Å². The first-order chi connectivity index (χ1) is 8.56. The lowest BCUT2D eigenvalue weighted by molar-refractivity contribution is 0.0474. The van der Waals surface area contributed by atoms with Gasteiger partial charge in [-0.3, -0.25) is 4.68 Å². The number of nitrogens with one attached hydrogen (secondary N) is 1. The zero-order chi connectivity index (χ0) is 13.2. The highest BCUT2D eigenvalue weighted by Crippen LogP contribution is 2.28. The Morgan fingerprint density at radius 3 is 2.56 bits per heavy atom. The van der Waals surface area contributed by atoms with Crippen molar-refractivity contribution < 1.29 is 5.11 Å². The average molecular weight is 251 g/mol. The second kappa shape index (κ2) is 5.41. The van der Waals surface area contributed by atoms with Gasteiger partial charge in [-0.15, -0.1) is 0 Å². The van der Waals surface area contributed by atoms with Crippen molar-refractivity contribution in [2.45, 2.75) is 65.1 Å². The predicted octanol–water partition coefficient (Wildman–Crippen LogP) is 1.91. The zero-order valence-electron chi connectivity index (χ0n) is 11.8. The third-order valence-electron chi connectivity index (χ3n) is 4.12. The van der Waals surface area contributed by atoms with E-state index in [1.165, 1.54) is 11.3 Å². The molecule has 0 radical (unpaired) electrons. The van der Waals surface area contributed by atoms with Gasteiger partial charge >= 0.3 is 0 Å². The number of aryl methyl sites for hydroxylation is 2. The molecule has 18 heavy (non-hydrogen) atoms. The van der Waals surface area contributed by atoms with E-state index in [0.29, 0.717) is 6.54 Å². The maximum absolute atomic E-state index is 10.3. The molecule has 2 rings (SSSR count). The Bertz CT molecular complexity index is 405. The molecule has 0 unspecified atom stereocenters. The van der Waals surface area contributed by atoms with Crippen molar-refractivity contribution in [3.05, 3.63) is 17.0 Å². The van der Waals surface area contributed by atoms with Gasteiger partial charge < -0.3 is 10.4 Å². The SMILES string of the molecule is CCn1nc(C)c(CNCC2(O)CCCC2)c1C. The van der Waals surface area contributed by atoms with Gasteiger partial charge in [0.1, 0.15) is 0 Å². The van der Waals surface area contributed by atoms with Crippen LogP contribution < -0.4 is 5.32 Å². The van der Waals surface area contributed by atoms with Gasteiger partial charge in [0.05, 0.1) is 11.3 Å². The minimum atomic E-state index is -0.470. The van der Waals surface area contributed by atoms with Crippen LogP contribution in [0.1, 0.15) is 49.6 Å². The van der Waals surface area contributed by atoms with Crippen molar-refractivity contribution >= 4 is 0 Å². The molecule has 0 spiro atoms. The number of aromatic nitrogens is 2. The van der Waals surface area contributed by atoms with Gasteiger partial charge in [-0.1, -0.05) is 12.8 Å². The first-order valence-corrected chi connectivity index (χ1v) is 7.02. The second-order valence-corrected chi connectivity index (χ2v) is 5.50. The summed E-state index contributed by atoms with van der Waals surface area (Å²) in [6, 6.07) is 0. The molecule has 0 amide bonds. The van der Waals surface area contributed by atoms with Crippen molar-refractivity contribution in [3.8, 4) is 0 Å². The molecular formula is C14H25N3O. The summed E-state index contributed by atoms with van der Waals surface area (Å²) in [5.74, 6) is 0. The minimum absolute atomic E-state index is 0.470. The molecule has 1 aromatic rings. The van der Waals surface area contributed by atoms with Crippen LogP contribution in [0.5, 0.6) is 0 Å². The third kappa shape index (κ3) is 2.75. The van der Waals surface area contributed by atoms with Crippen molar-refractivity contribution in [1.82, 2.24) is 15.1 Å². The number of rotatable bonds is 5. The van der Waals surface area contributed by atoms with Crippen LogP contribution in [0.4, 0.5) is 0 Å². The highest BCUT2D eigenvalue weighted by molar-refractivity contribution is 5.24. The lowest BCUT2D eigenvalue weighted by atomic mass is 10.0. The molecular weight excluding hydrogens is 226 g/mol. The molecule has 2 N–H and O–H groups in total. The summed E-state index contributed by atoms with van der Waals surface area (Å²) >= 11 is 0. The monoisotopic (exact) mass is 251 g/mol. The maximum atomic E-state index is 10.3. The summed E-state index contributed by atoms with van der Waals surface area (Å²) < 4.78 is 2.04. The maximum Gasteiger partial charge on any atom is 0.0771 e. The standard InChI is InChI=1S/C14H25N3O/c1-4-17-12(3)13(11(2)16-17)9-15-10-14(18)7-5-6-8-14/h15,18H,4-10H2,1-3H3. The van der Waals surface area contributed by atoms with Gasteiger partial charge in [0, 0.05) is 30.9 Å². The summed E-state index contributed by atoms with van der Waals surface area (Å²) in [5.41, 5.74) is 3.14. The summed E-state index contributed by atoms with van der Waals surface area (Å²) in [6.45, 7) is 8.70. The van der Waals surface area contributed by atoms with Gasteiger partial charge in [-0.25, -0.2) is 0 Å². The van der Waals surface area contributed by atoms with Crippen molar-refractivity contribution in [2.75, 3.05) is 6.54 Å². The fraction of sp³-hybridized carbons (Fsp3) is 0.786. The van der Waals surface area contributed by atoms with Gasteiger partial charge in [-0.05, 0) is 33.6 Å². The Morgan fingerprint density at radius 1 is 1.33 bits per heavy atom. The van der Waals surface area contributed by atoms with E-state index < -0.39 is 5.60 Å². The topological polar surface area (TPSA) is 50.1 Å². The van der Waals surface area contributed by atoms with Crippen LogP contribution >= 0.6 is 0 Å². The first-order valence-electron chi connectivity index (χ1n) is 7.02. The number of hydrogen-bond acceptors (Lipinski definition) is 3. The molecule has 4 heteroatoms. The van der Waals surface area contributed by atoms with Crippen LogP contribution in [-0.2, 0) is 13.1 Å². The van der Waals surface area contributed by atoms with Crippen molar-refractivity contribution in [3.63, 3.8) is 0 Å². The lowest BCUT2D eigenvalue weighted by Crippen LogP contribution is -2.37. The third-order valence-corrected chi connectivity index (χ3v) is 4.12. The minimum Gasteiger partial charge on any atom is -0.389 e. The molecule has 0 aromatic carbocycles. The van der Waals surface area contributed by atoms with Crippen LogP contribution in [-0.4, -0.2) is 27.0 Å². The molecule has 1 saturated carbocycles. The average Bonchev–Trinajstić information content (AvgIpc) is 2.87. The molecule has 1 aliphatic rings. The van der Waals surface area contributed by atoms with Gasteiger partial charge in [0.15, 0.2) is 0 Å². The molecule has 1 fully saturated rings. The van der Waals surface area contributed by atoms with Crippen molar-refractivity contribution in [1.29, 1.82) is 0 Å². The molecule has 1 aromatic heterocycles. The van der Waals surface area contributed by atoms with Gasteiger partial charge in [-0.2, -0.15) is 5.10 Å². The highest BCUT2D eigenvalue weighted by Gasteiger charge is 2.30. The lowest BCUT2D eigenvalue weighted by Gasteiger charge is -2.22. The summed E-state index contributed by atoms with van der Waals surface area (Å²) in [7, 11) is 0. The molecule has 102 valence electrons. The number of nitrogens with zero attached hydrogens (tertiary/aromatic N) is 2. The summed E-state index contributed by atoms with van der Waals surface area (Å²) in [5, 5.41) is 18.2. The Kier molecular flexibility index (Phi) is 4.07. The van der Waals surface area contributed by atoms with E-state index in [2.05, 4.69) is 31.2 Å². The van der Waals surface area contributed by atoms with E-state index in [1.54, 1.807) is 0 Å². The highest BCUT2D eigenvalue weighted by atomic mass is 16.3. The van der Waals surface area contributed by atoms with E-state index in [1.807, 2.05) is 4.68 Å². The normalized spacial score (nSPS) is 18.4. The molecule has 0 atom stereocenters.